The standard InChI is InChI=1S/C28H18FN3O2S/c29-21-10-12-22(13-11-21)31-28-32-27(33)26(35-28)15-24-23-8-4-3-5-18(23)9-14-25(24)34-17-20-7-2-1-6-19(20)16-30/h1-15H,17H2,(H,31,32,33). The summed E-state index contributed by atoms with van der Waals surface area (Å²) in [5.74, 6) is -0.0237. The van der Waals surface area contributed by atoms with Crippen molar-refractivity contribution in [2.45, 2.75) is 6.61 Å². The minimum atomic E-state index is -0.349. The minimum absolute atomic E-state index is 0.217. The summed E-state index contributed by atoms with van der Waals surface area (Å²) in [6.45, 7) is 0.217. The van der Waals surface area contributed by atoms with Crippen LogP contribution < -0.4 is 10.1 Å². The molecule has 1 N–H and O–H groups in total. The number of nitrogens with zero attached hydrogens (tertiary/aromatic N) is 2. The molecule has 1 saturated heterocycles. The molecule has 5 rings (SSSR count). The van der Waals surface area contributed by atoms with Crippen molar-refractivity contribution >= 4 is 45.4 Å². The summed E-state index contributed by atoms with van der Waals surface area (Å²) >= 11 is 1.21. The van der Waals surface area contributed by atoms with E-state index in [4.69, 9.17) is 4.74 Å². The van der Waals surface area contributed by atoms with Gasteiger partial charge in [0.05, 0.1) is 22.2 Å². The fourth-order valence-electron chi connectivity index (χ4n) is 3.71. The molecule has 0 bridgehead atoms. The van der Waals surface area contributed by atoms with Gasteiger partial charge in [-0.15, -0.1) is 0 Å². The first kappa shape index (κ1) is 22.4. The van der Waals surface area contributed by atoms with Crippen LogP contribution in [0.25, 0.3) is 16.8 Å². The zero-order chi connectivity index (χ0) is 24.2. The average Bonchev–Trinajstić information content (AvgIpc) is 3.23. The molecule has 4 aromatic rings. The van der Waals surface area contributed by atoms with Crippen molar-refractivity contribution in [1.29, 1.82) is 5.26 Å². The summed E-state index contributed by atoms with van der Waals surface area (Å²) < 4.78 is 19.3. The van der Waals surface area contributed by atoms with E-state index < -0.39 is 0 Å². The van der Waals surface area contributed by atoms with Crippen LogP contribution in [0.2, 0.25) is 0 Å². The highest BCUT2D eigenvalue weighted by Crippen LogP contribution is 2.35. The summed E-state index contributed by atoms with van der Waals surface area (Å²) in [4.78, 5) is 17.6. The highest BCUT2D eigenvalue weighted by atomic mass is 32.2. The molecule has 170 valence electrons. The number of carbonyl (C=O) groups is 1. The van der Waals surface area contributed by atoms with Crippen LogP contribution in [-0.4, -0.2) is 11.1 Å². The third-order valence-corrected chi connectivity index (χ3v) is 6.35. The molecule has 0 spiro atoms. The first-order valence-electron chi connectivity index (χ1n) is 10.8. The molecule has 1 amide bonds. The Kier molecular flexibility index (Phi) is 6.29. The van der Waals surface area contributed by atoms with Crippen molar-refractivity contribution in [1.82, 2.24) is 5.32 Å². The number of amides is 1. The third kappa shape index (κ3) is 4.93. The maximum absolute atomic E-state index is 13.2. The SMILES string of the molecule is N#Cc1ccccc1COc1ccc2ccccc2c1C=C1SC(=Nc2ccc(F)cc2)NC1=O. The molecule has 0 radical (unpaired) electrons. The summed E-state index contributed by atoms with van der Waals surface area (Å²) in [5, 5.41) is 14.5. The Morgan fingerprint density at radius 1 is 1.00 bits per heavy atom. The normalized spacial score (nSPS) is 15.4. The molecule has 0 aromatic heterocycles. The lowest BCUT2D eigenvalue weighted by molar-refractivity contribution is -0.115. The zero-order valence-electron chi connectivity index (χ0n) is 18.4. The number of hydrogen-bond donors (Lipinski definition) is 1. The summed E-state index contributed by atoms with van der Waals surface area (Å²) in [6.07, 6.45) is 1.79. The minimum Gasteiger partial charge on any atom is -0.488 e. The van der Waals surface area contributed by atoms with Gasteiger partial charge in [0.15, 0.2) is 5.17 Å². The van der Waals surface area contributed by atoms with E-state index in [1.165, 1.54) is 23.9 Å². The van der Waals surface area contributed by atoms with Crippen molar-refractivity contribution in [3.63, 3.8) is 0 Å². The monoisotopic (exact) mass is 479 g/mol. The van der Waals surface area contributed by atoms with Gasteiger partial charge in [0.2, 0.25) is 0 Å². The number of fused-ring (bicyclic) bond motifs is 1. The number of thioether (sulfide) groups is 1. The Morgan fingerprint density at radius 2 is 1.77 bits per heavy atom. The fourth-order valence-corrected chi connectivity index (χ4v) is 4.53. The van der Waals surface area contributed by atoms with Gasteiger partial charge in [-0.1, -0.05) is 48.5 Å². The summed E-state index contributed by atoms with van der Waals surface area (Å²) in [6, 6.07) is 26.9. The van der Waals surface area contributed by atoms with E-state index in [1.807, 2.05) is 54.6 Å². The topological polar surface area (TPSA) is 74.5 Å². The third-order valence-electron chi connectivity index (χ3n) is 5.44. The Bertz CT molecular complexity index is 1540. The Morgan fingerprint density at radius 3 is 2.60 bits per heavy atom. The molecule has 1 aliphatic rings. The lowest BCUT2D eigenvalue weighted by atomic mass is 10.0. The van der Waals surface area contributed by atoms with E-state index in [2.05, 4.69) is 16.4 Å². The van der Waals surface area contributed by atoms with Crippen LogP contribution in [0.5, 0.6) is 5.75 Å². The Balaban J connectivity index is 1.49. The maximum Gasteiger partial charge on any atom is 0.264 e. The zero-order valence-corrected chi connectivity index (χ0v) is 19.2. The van der Waals surface area contributed by atoms with Gasteiger partial charge in [-0.2, -0.15) is 5.26 Å². The number of nitriles is 1. The van der Waals surface area contributed by atoms with Gasteiger partial charge in [0.25, 0.3) is 5.91 Å². The van der Waals surface area contributed by atoms with E-state index in [-0.39, 0.29) is 18.3 Å². The molecule has 7 heteroatoms. The molecule has 0 atom stereocenters. The highest BCUT2D eigenvalue weighted by molar-refractivity contribution is 8.18. The number of nitrogens with one attached hydrogen (secondary N) is 1. The van der Waals surface area contributed by atoms with Crippen molar-refractivity contribution in [3.05, 3.63) is 112 Å². The van der Waals surface area contributed by atoms with Crippen LogP contribution in [-0.2, 0) is 11.4 Å². The van der Waals surface area contributed by atoms with Crippen LogP contribution in [0.3, 0.4) is 0 Å². The number of aliphatic imine (C=N–C) groups is 1. The number of benzene rings is 4. The molecular formula is C28H18FN3O2S. The maximum atomic E-state index is 13.2. The van der Waals surface area contributed by atoms with Gasteiger partial charge >= 0.3 is 0 Å². The fraction of sp³-hybridized carbons (Fsp3) is 0.0357. The highest BCUT2D eigenvalue weighted by Gasteiger charge is 2.25. The lowest BCUT2D eigenvalue weighted by Gasteiger charge is -2.13. The molecule has 1 fully saturated rings. The van der Waals surface area contributed by atoms with Crippen LogP contribution in [0.1, 0.15) is 16.7 Å². The molecule has 1 aliphatic heterocycles. The van der Waals surface area contributed by atoms with Crippen LogP contribution >= 0.6 is 11.8 Å². The second-order valence-corrected chi connectivity index (χ2v) is 8.74. The van der Waals surface area contributed by atoms with Crippen LogP contribution in [0.15, 0.2) is 94.8 Å². The van der Waals surface area contributed by atoms with Crippen molar-refractivity contribution in [3.8, 4) is 11.8 Å². The molecule has 0 unspecified atom stereocenters. The largest absolute Gasteiger partial charge is 0.488 e. The van der Waals surface area contributed by atoms with Crippen molar-refractivity contribution in [2.75, 3.05) is 0 Å². The van der Waals surface area contributed by atoms with Gasteiger partial charge in [-0.05, 0) is 65.0 Å². The van der Waals surface area contributed by atoms with E-state index >= 15 is 0 Å². The van der Waals surface area contributed by atoms with Gasteiger partial charge in [-0.25, -0.2) is 9.38 Å². The average molecular weight is 480 g/mol. The van der Waals surface area contributed by atoms with Crippen LogP contribution in [0.4, 0.5) is 10.1 Å². The second kappa shape index (κ2) is 9.84. The van der Waals surface area contributed by atoms with Gasteiger partial charge in [0.1, 0.15) is 18.2 Å². The second-order valence-electron chi connectivity index (χ2n) is 7.71. The number of carbonyl (C=O) groups excluding carboxylic acids is 1. The number of ether oxygens (including phenoxy) is 1. The molecular weight excluding hydrogens is 461 g/mol. The summed E-state index contributed by atoms with van der Waals surface area (Å²) in [5.41, 5.74) is 2.64. The van der Waals surface area contributed by atoms with E-state index in [0.717, 1.165) is 21.9 Å². The molecule has 5 nitrogen and oxygen atoms in total. The lowest BCUT2D eigenvalue weighted by Crippen LogP contribution is -2.19. The van der Waals surface area contributed by atoms with E-state index in [1.54, 1.807) is 24.3 Å². The van der Waals surface area contributed by atoms with E-state index in [9.17, 15) is 14.4 Å². The number of halogens is 1. The first-order chi connectivity index (χ1) is 17.1. The molecule has 0 aliphatic carbocycles. The molecule has 4 aromatic carbocycles. The van der Waals surface area contributed by atoms with Gasteiger partial charge in [0, 0.05) is 11.1 Å². The summed E-state index contributed by atoms with van der Waals surface area (Å²) in [7, 11) is 0. The predicted molar refractivity (Wildman–Crippen MR) is 137 cm³/mol. The quantitative estimate of drug-likeness (QED) is 0.340. The molecule has 35 heavy (non-hydrogen) atoms. The van der Waals surface area contributed by atoms with E-state index in [0.29, 0.717) is 27.1 Å². The predicted octanol–water partition coefficient (Wildman–Crippen LogP) is 6.32. The first-order valence-corrected chi connectivity index (χ1v) is 11.6. The Labute approximate surface area is 205 Å². The number of amidine groups is 1. The molecule has 1 heterocycles. The van der Waals surface area contributed by atoms with Crippen LogP contribution in [0, 0.1) is 17.1 Å². The number of hydrogen-bond acceptors (Lipinski definition) is 5. The van der Waals surface area contributed by atoms with Crippen molar-refractivity contribution < 1.29 is 13.9 Å². The van der Waals surface area contributed by atoms with Gasteiger partial charge < -0.3 is 10.1 Å². The molecule has 0 saturated carbocycles. The smallest absolute Gasteiger partial charge is 0.264 e. The number of rotatable bonds is 5. The van der Waals surface area contributed by atoms with Crippen molar-refractivity contribution in [2.24, 2.45) is 4.99 Å². The Hall–Kier alpha value is -4.41. The van der Waals surface area contributed by atoms with Gasteiger partial charge in [-0.3, -0.25) is 4.79 Å².